The second-order valence-corrected chi connectivity index (χ2v) is 8.62. The summed E-state index contributed by atoms with van der Waals surface area (Å²) in [5.74, 6) is -1.41. The van der Waals surface area contributed by atoms with Gasteiger partial charge < -0.3 is 5.11 Å². The van der Waals surface area contributed by atoms with Crippen molar-refractivity contribution in [3.8, 4) is 0 Å². The van der Waals surface area contributed by atoms with Gasteiger partial charge in [-0.3, -0.25) is 4.79 Å². The van der Waals surface area contributed by atoms with Crippen molar-refractivity contribution < 1.29 is 18.3 Å². The van der Waals surface area contributed by atoms with E-state index in [1.54, 1.807) is 31.2 Å². The highest BCUT2D eigenvalue weighted by molar-refractivity contribution is 7.90. The van der Waals surface area contributed by atoms with Gasteiger partial charge in [0.05, 0.1) is 10.4 Å². The fourth-order valence-corrected chi connectivity index (χ4v) is 4.83. The number of hydrogen-bond acceptors (Lipinski definition) is 7. The Morgan fingerprint density at radius 2 is 2.00 bits per heavy atom. The fraction of sp³-hybridized carbons (Fsp3) is 0.0526. The Morgan fingerprint density at radius 1 is 1.23 bits per heavy atom. The van der Waals surface area contributed by atoms with Crippen LogP contribution in [0.25, 0.3) is 16.7 Å². The Balaban J connectivity index is 1.92. The molecule has 2 heterocycles. The van der Waals surface area contributed by atoms with Crippen LogP contribution in [0.5, 0.6) is 0 Å². The highest BCUT2D eigenvalue weighted by Crippen LogP contribution is 2.32. The van der Waals surface area contributed by atoms with Crippen LogP contribution in [0.1, 0.15) is 21.7 Å². The molecule has 0 aliphatic rings. The molecule has 4 rings (SSSR count). The van der Waals surface area contributed by atoms with Crippen LogP contribution in [0.4, 0.5) is 0 Å². The van der Waals surface area contributed by atoms with Crippen LogP contribution in [0, 0.1) is 6.92 Å². The Labute approximate surface area is 175 Å². The number of aliphatic hydroxyl groups excluding tert-OH is 1. The van der Waals surface area contributed by atoms with Crippen molar-refractivity contribution in [2.45, 2.75) is 11.8 Å². The average Bonchev–Trinajstić information content (AvgIpc) is 3.36. The molecule has 0 amide bonds. The number of hydrogen-bond donors (Lipinski definition) is 2. The van der Waals surface area contributed by atoms with E-state index in [1.807, 2.05) is 0 Å². The molecule has 11 heteroatoms. The number of aryl methyl sites for hydroxylation is 1. The first-order valence-electron chi connectivity index (χ1n) is 8.59. The van der Waals surface area contributed by atoms with Crippen molar-refractivity contribution in [3.05, 3.63) is 76.7 Å². The van der Waals surface area contributed by atoms with E-state index in [-0.39, 0.29) is 16.3 Å². The molecule has 0 fully saturated rings. The molecule has 152 valence electrons. The minimum atomic E-state index is -3.98. The molecule has 0 saturated heterocycles. The molecule has 0 radical (unpaired) electrons. The number of aliphatic hydroxyl groups is 1. The van der Waals surface area contributed by atoms with Gasteiger partial charge in [0.15, 0.2) is 0 Å². The van der Waals surface area contributed by atoms with Crippen molar-refractivity contribution in [1.82, 2.24) is 24.6 Å². The van der Waals surface area contributed by atoms with Gasteiger partial charge in [0.25, 0.3) is 10.0 Å². The van der Waals surface area contributed by atoms with Crippen molar-refractivity contribution in [2.75, 3.05) is 0 Å². The minimum absolute atomic E-state index is 0.113. The first-order chi connectivity index (χ1) is 14.3. The van der Waals surface area contributed by atoms with E-state index in [9.17, 15) is 18.3 Å². The van der Waals surface area contributed by atoms with Crippen LogP contribution in [0.3, 0.4) is 0 Å². The van der Waals surface area contributed by atoms with Gasteiger partial charge >= 0.3 is 0 Å². The van der Waals surface area contributed by atoms with E-state index in [0.717, 1.165) is 10.0 Å². The summed E-state index contributed by atoms with van der Waals surface area (Å²) < 4.78 is 27.7. The van der Waals surface area contributed by atoms with Gasteiger partial charge in [-0.1, -0.05) is 29.8 Å². The van der Waals surface area contributed by atoms with E-state index in [2.05, 4.69) is 20.6 Å². The van der Waals surface area contributed by atoms with Gasteiger partial charge in [0.2, 0.25) is 11.6 Å². The molecule has 2 N–H and O–H groups in total. The van der Waals surface area contributed by atoms with Gasteiger partial charge in [-0.15, -0.1) is 10.2 Å². The molecule has 2 aromatic carbocycles. The lowest BCUT2D eigenvalue weighted by atomic mass is 10.1. The summed E-state index contributed by atoms with van der Waals surface area (Å²) in [6.07, 6.45) is 2.14. The summed E-state index contributed by atoms with van der Waals surface area (Å²) >= 11 is 6.09. The lowest BCUT2D eigenvalue weighted by Gasteiger charge is -2.09. The second-order valence-electron chi connectivity index (χ2n) is 6.40. The topological polar surface area (TPSA) is 131 Å². The predicted octanol–water partition coefficient (Wildman–Crippen LogP) is 3.14. The third-order valence-electron chi connectivity index (χ3n) is 4.47. The number of tetrazole rings is 1. The van der Waals surface area contributed by atoms with Gasteiger partial charge in [0, 0.05) is 28.2 Å². The Kier molecular flexibility index (Phi) is 4.88. The number of allylic oxidation sites excluding steroid dienone is 1. The first kappa shape index (κ1) is 19.8. The summed E-state index contributed by atoms with van der Waals surface area (Å²) in [7, 11) is -3.98. The molecule has 0 spiro atoms. The lowest BCUT2D eigenvalue weighted by molar-refractivity contribution is 0.103. The molecule has 4 aromatic rings. The van der Waals surface area contributed by atoms with Gasteiger partial charge in [-0.2, -0.15) is 5.21 Å². The molecule has 0 aliphatic carbocycles. The van der Waals surface area contributed by atoms with Gasteiger partial charge in [-0.25, -0.2) is 12.4 Å². The number of carbonyl (C=O) groups is 1. The zero-order chi connectivity index (χ0) is 21.5. The number of nitrogens with one attached hydrogen (secondary N) is 1. The van der Waals surface area contributed by atoms with Gasteiger partial charge in [-0.05, 0) is 42.0 Å². The van der Waals surface area contributed by atoms with E-state index in [1.165, 1.54) is 24.4 Å². The standard InChI is InChI=1S/C19H14ClN5O4S/c1-11-4-2-3-5-18(11)30(28,29)25-10-14(13-8-12(20)6-7-15(13)25)16(26)9-17(27)19-21-23-24-22-19/h2-10,26H,1H3,(H,21,22,23,24). The van der Waals surface area contributed by atoms with E-state index in [4.69, 9.17) is 11.6 Å². The van der Waals surface area contributed by atoms with E-state index >= 15 is 0 Å². The van der Waals surface area contributed by atoms with E-state index in [0.29, 0.717) is 21.5 Å². The number of aromatic nitrogens is 5. The van der Waals surface area contributed by atoms with Crippen LogP contribution in [-0.2, 0) is 10.0 Å². The van der Waals surface area contributed by atoms with Crippen molar-refractivity contribution in [2.24, 2.45) is 0 Å². The molecule has 9 nitrogen and oxygen atoms in total. The minimum Gasteiger partial charge on any atom is -0.507 e. The normalized spacial score (nSPS) is 12.4. The highest BCUT2D eigenvalue weighted by Gasteiger charge is 2.24. The SMILES string of the molecule is Cc1ccccc1S(=O)(=O)n1cc(C(O)=CC(=O)c2nn[nH]n2)c2cc(Cl)ccc21. The number of ketones is 1. The monoisotopic (exact) mass is 443 g/mol. The first-order valence-corrected chi connectivity index (χ1v) is 10.4. The molecule has 2 aromatic heterocycles. The molecule has 0 atom stereocenters. The van der Waals surface area contributed by atoms with Crippen molar-refractivity contribution in [1.29, 1.82) is 0 Å². The summed E-state index contributed by atoms with van der Waals surface area (Å²) in [6, 6.07) is 11.2. The predicted molar refractivity (Wildman–Crippen MR) is 110 cm³/mol. The molecular formula is C19H14ClN5O4S. The van der Waals surface area contributed by atoms with E-state index < -0.39 is 21.6 Å². The maximum Gasteiger partial charge on any atom is 0.268 e. The number of rotatable bonds is 5. The Morgan fingerprint density at radius 3 is 2.70 bits per heavy atom. The van der Waals surface area contributed by atoms with Crippen LogP contribution in [0.2, 0.25) is 5.02 Å². The third kappa shape index (κ3) is 3.36. The third-order valence-corrected chi connectivity index (χ3v) is 6.54. The fourth-order valence-electron chi connectivity index (χ4n) is 3.06. The number of carbonyl (C=O) groups excluding carboxylic acids is 1. The smallest absolute Gasteiger partial charge is 0.268 e. The zero-order valence-electron chi connectivity index (χ0n) is 15.4. The summed E-state index contributed by atoms with van der Waals surface area (Å²) in [5, 5.41) is 23.8. The summed E-state index contributed by atoms with van der Waals surface area (Å²) in [4.78, 5) is 12.3. The van der Waals surface area contributed by atoms with Crippen LogP contribution in [-0.4, -0.2) is 43.9 Å². The number of nitrogens with zero attached hydrogens (tertiary/aromatic N) is 4. The Hall–Kier alpha value is -3.50. The molecule has 0 bridgehead atoms. The quantitative estimate of drug-likeness (QED) is 0.275. The molecule has 0 aliphatic heterocycles. The second kappa shape index (κ2) is 7.39. The molecule has 30 heavy (non-hydrogen) atoms. The Bertz CT molecular complexity index is 1410. The van der Waals surface area contributed by atoms with Crippen LogP contribution >= 0.6 is 11.6 Å². The molecule has 0 saturated carbocycles. The van der Waals surface area contributed by atoms with Crippen molar-refractivity contribution >= 4 is 44.1 Å². The average molecular weight is 444 g/mol. The number of halogens is 1. The van der Waals surface area contributed by atoms with Crippen molar-refractivity contribution in [3.63, 3.8) is 0 Å². The number of benzene rings is 2. The summed E-state index contributed by atoms with van der Waals surface area (Å²) in [6.45, 7) is 1.69. The number of aromatic amines is 1. The molecular weight excluding hydrogens is 430 g/mol. The van der Waals surface area contributed by atoms with Gasteiger partial charge in [0.1, 0.15) is 5.76 Å². The maximum absolute atomic E-state index is 13.3. The van der Waals surface area contributed by atoms with Crippen LogP contribution < -0.4 is 0 Å². The number of H-pyrrole nitrogens is 1. The number of fused-ring (bicyclic) bond motifs is 1. The largest absolute Gasteiger partial charge is 0.507 e. The summed E-state index contributed by atoms with van der Waals surface area (Å²) in [5.41, 5.74) is 0.980. The highest BCUT2D eigenvalue weighted by atomic mass is 35.5. The molecule has 0 unspecified atom stereocenters. The maximum atomic E-state index is 13.3. The lowest BCUT2D eigenvalue weighted by Crippen LogP contribution is -2.13. The van der Waals surface area contributed by atoms with Crippen LogP contribution in [0.15, 0.2) is 59.6 Å². The zero-order valence-corrected chi connectivity index (χ0v) is 17.0.